The van der Waals surface area contributed by atoms with E-state index in [1.807, 2.05) is 19.3 Å². The van der Waals surface area contributed by atoms with Gasteiger partial charge in [-0.3, -0.25) is 9.97 Å². The van der Waals surface area contributed by atoms with Crippen molar-refractivity contribution in [2.24, 2.45) is 5.92 Å². The Morgan fingerprint density at radius 3 is 2.62 bits per heavy atom. The largest absolute Gasteiger partial charge is 0.300 e. The third kappa shape index (κ3) is 3.27. The maximum absolute atomic E-state index is 4.39. The summed E-state index contributed by atoms with van der Waals surface area (Å²) in [5, 5.41) is 0. The SMILES string of the molecule is Cc1cnc(CN(C)CC2CCCC2)cn1. The normalized spacial score (nSPS) is 17.2. The zero-order valence-corrected chi connectivity index (χ0v) is 10.3. The van der Waals surface area contributed by atoms with E-state index in [1.54, 1.807) is 0 Å². The van der Waals surface area contributed by atoms with Crippen LogP contribution in [0.3, 0.4) is 0 Å². The van der Waals surface area contributed by atoms with Crippen molar-refractivity contribution in [3.63, 3.8) is 0 Å². The van der Waals surface area contributed by atoms with Crippen LogP contribution in [0.4, 0.5) is 0 Å². The van der Waals surface area contributed by atoms with Crippen molar-refractivity contribution < 1.29 is 0 Å². The zero-order chi connectivity index (χ0) is 11.4. The van der Waals surface area contributed by atoms with Gasteiger partial charge in [-0.15, -0.1) is 0 Å². The van der Waals surface area contributed by atoms with Crippen LogP contribution in [-0.2, 0) is 6.54 Å². The van der Waals surface area contributed by atoms with Gasteiger partial charge in [0.25, 0.3) is 0 Å². The number of rotatable bonds is 4. The van der Waals surface area contributed by atoms with Crippen molar-refractivity contribution in [1.29, 1.82) is 0 Å². The van der Waals surface area contributed by atoms with E-state index >= 15 is 0 Å². The standard InChI is InChI=1S/C13H21N3/c1-11-7-15-13(8-14-11)10-16(2)9-12-5-3-4-6-12/h7-8,12H,3-6,9-10H2,1-2H3. The quantitative estimate of drug-likeness (QED) is 0.778. The monoisotopic (exact) mass is 219 g/mol. The number of hydrogen-bond donors (Lipinski definition) is 0. The summed E-state index contributed by atoms with van der Waals surface area (Å²) in [4.78, 5) is 11.0. The van der Waals surface area contributed by atoms with Crippen LogP contribution < -0.4 is 0 Å². The molecule has 1 heterocycles. The molecule has 1 aliphatic rings. The van der Waals surface area contributed by atoms with E-state index in [0.717, 1.165) is 23.9 Å². The molecule has 1 saturated carbocycles. The highest BCUT2D eigenvalue weighted by Gasteiger charge is 2.16. The maximum atomic E-state index is 4.39. The Morgan fingerprint density at radius 2 is 2.00 bits per heavy atom. The summed E-state index contributed by atoms with van der Waals surface area (Å²) in [5.41, 5.74) is 2.06. The van der Waals surface area contributed by atoms with Gasteiger partial charge in [-0.05, 0) is 32.7 Å². The van der Waals surface area contributed by atoms with Gasteiger partial charge in [0.15, 0.2) is 0 Å². The topological polar surface area (TPSA) is 29.0 Å². The van der Waals surface area contributed by atoms with Gasteiger partial charge < -0.3 is 4.90 Å². The molecule has 0 aromatic carbocycles. The molecule has 0 spiro atoms. The third-order valence-electron chi connectivity index (χ3n) is 3.31. The first-order chi connectivity index (χ1) is 7.74. The molecule has 88 valence electrons. The van der Waals surface area contributed by atoms with Crippen LogP contribution in [0.1, 0.15) is 37.1 Å². The Bertz CT molecular complexity index is 314. The smallest absolute Gasteiger partial charge is 0.0726 e. The first kappa shape index (κ1) is 11.5. The van der Waals surface area contributed by atoms with E-state index in [9.17, 15) is 0 Å². The fourth-order valence-electron chi connectivity index (χ4n) is 2.48. The third-order valence-corrected chi connectivity index (χ3v) is 3.31. The predicted octanol–water partition coefficient (Wildman–Crippen LogP) is 2.41. The minimum absolute atomic E-state index is 0.906. The zero-order valence-electron chi connectivity index (χ0n) is 10.3. The molecule has 0 N–H and O–H groups in total. The van der Waals surface area contributed by atoms with E-state index in [2.05, 4.69) is 21.9 Å². The highest BCUT2D eigenvalue weighted by atomic mass is 15.1. The van der Waals surface area contributed by atoms with Gasteiger partial charge in [-0.25, -0.2) is 0 Å². The summed E-state index contributed by atoms with van der Waals surface area (Å²) in [6.07, 6.45) is 9.39. The van der Waals surface area contributed by atoms with E-state index in [1.165, 1.54) is 32.2 Å². The molecule has 1 aliphatic carbocycles. The summed E-state index contributed by atoms with van der Waals surface area (Å²) in [6.45, 7) is 4.10. The van der Waals surface area contributed by atoms with Crippen molar-refractivity contribution in [1.82, 2.24) is 14.9 Å². The van der Waals surface area contributed by atoms with Crippen LogP contribution in [0, 0.1) is 12.8 Å². The molecule has 3 nitrogen and oxygen atoms in total. The molecule has 0 saturated heterocycles. The second kappa shape index (κ2) is 5.39. The summed E-state index contributed by atoms with van der Waals surface area (Å²) >= 11 is 0. The van der Waals surface area contributed by atoms with Gasteiger partial charge in [0.2, 0.25) is 0 Å². The van der Waals surface area contributed by atoms with Crippen LogP contribution in [0.15, 0.2) is 12.4 Å². The second-order valence-corrected chi connectivity index (χ2v) is 5.00. The highest BCUT2D eigenvalue weighted by molar-refractivity contribution is 5.00. The second-order valence-electron chi connectivity index (χ2n) is 5.00. The number of aromatic nitrogens is 2. The van der Waals surface area contributed by atoms with Crippen molar-refractivity contribution in [2.75, 3.05) is 13.6 Å². The highest BCUT2D eigenvalue weighted by Crippen LogP contribution is 2.25. The summed E-state index contributed by atoms with van der Waals surface area (Å²) < 4.78 is 0. The molecule has 0 amide bonds. The molecule has 0 radical (unpaired) electrons. The average molecular weight is 219 g/mol. The first-order valence-corrected chi connectivity index (χ1v) is 6.20. The Hall–Kier alpha value is -0.960. The molecule has 0 unspecified atom stereocenters. The van der Waals surface area contributed by atoms with E-state index in [-0.39, 0.29) is 0 Å². The van der Waals surface area contributed by atoms with Crippen molar-refractivity contribution in [3.8, 4) is 0 Å². The molecule has 1 fully saturated rings. The molecule has 2 rings (SSSR count). The lowest BCUT2D eigenvalue weighted by Gasteiger charge is -2.20. The molecule has 0 bridgehead atoms. The van der Waals surface area contributed by atoms with Gasteiger partial charge in [-0.2, -0.15) is 0 Å². The lowest BCUT2D eigenvalue weighted by molar-refractivity contribution is 0.268. The van der Waals surface area contributed by atoms with Gasteiger partial charge in [-0.1, -0.05) is 12.8 Å². The van der Waals surface area contributed by atoms with Gasteiger partial charge in [0, 0.05) is 25.5 Å². The lowest BCUT2D eigenvalue weighted by atomic mass is 10.1. The Kier molecular flexibility index (Phi) is 3.88. The molecular formula is C13H21N3. The van der Waals surface area contributed by atoms with Gasteiger partial charge in [0.05, 0.1) is 11.4 Å². The van der Waals surface area contributed by atoms with E-state index in [0.29, 0.717) is 0 Å². The van der Waals surface area contributed by atoms with Crippen LogP contribution >= 0.6 is 0 Å². The Morgan fingerprint density at radius 1 is 1.25 bits per heavy atom. The molecule has 1 aromatic rings. The summed E-state index contributed by atoms with van der Waals surface area (Å²) in [7, 11) is 2.18. The number of hydrogen-bond acceptors (Lipinski definition) is 3. The van der Waals surface area contributed by atoms with Crippen LogP contribution in [0.25, 0.3) is 0 Å². The van der Waals surface area contributed by atoms with Crippen LogP contribution in [-0.4, -0.2) is 28.5 Å². The van der Waals surface area contributed by atoms with Crippen molar-refractivity contribution >= 4 is 0 Å². The van der Waals surface area contributed by atoms with Crippen LogP contribution in [0.5, 0.6) is 0 Å². The number of aryl methyl sites for hydroxylation is 1. The fourth-order valence-corrected chi connectivity index (χ4v) is 2.48. The summed E-state index contributed by atoms with van der Waals surface area (Å²) in [5.74, 6) is 0.906. The molecule has 0 aliphatic heterocycles. The average Bonchev–Trinajstić information content (AvgIpc) is 2.74. The van der Waals surface area contributed by atoms with Crippen molar-refractivity contribution in [2.45, 2.75) is 39.2 Å². The minimum atomic E-state index is 0.906. The van der Waals surface area contributed by atoms with Gasteiger partial charge in [0.1, 0.15) is 0 Å². The first-order valence-electron chi connectivity index (χ1n) is 6.20. The fraction of sp³-hybridized carbons (Fsp3) is 0.692. The number of nitrogens with zero attached hydrogens (tertiary/aromatic N) is 3. The molecule has 0 atom stereocenters. The lowest BCUT2D eigenvalue weighted by Crippen LogP contribution is -2.24. The van der Waals surface area contributed by atoms with E-state index < -0.39 is 0 Å². The Labute approximate surface area is 97.9 Å². The van der Waals surface area contributed by atoms with Crippen molar-refractivity contribution in [3.05, 3.63) is 23.8 Å². The summed E-state index contributed by atoms with van der Waals surface area (Å²) in [6, 6.07) is 0. The predicted molar refractivity (Wildman–Crippen MR) is 65.1 cm³/mol. The Balaban J connectivity index is 1.81. The minimum Gasteiger partial charge on any atom is -0.300 e. The van der Waals surface area contributed by atoms with Crippen LogP contribution in [0.2, 0.25) is 0 Å². The molecular weight excluding hydrogens is 198 g/mol. The molecule has 3 heteroatoms. The molecule has 16 heavy (non-hydrogen) atoms. The molecule has 1 aromatic heterocycles. The maximum Gasteiger partial charge on any atom is 0.0726 e. The van der Waals surface area contributed by atoms with E-state index in [4.69, 9.17) is 0 Å². The van der Waals surface area contributed by atoms with Gasteiger partial charge >= 0.3 is 0 Å².